The molecule has 1 aliphatic rings. The van der Waals surface area contributed by atoms with Gasteiger partial charge in [0.25, 0.3) is 0 Å². The minimum atomic E-state index is 0.246. The summed E-state index contributed by atoms with van der Waals surface area (Å²) < 4.78 is 1.30. The van der Waals surface area contributed by atoms with E-state index in [0.29, 0.717) is 6.04 Å². The van der Waals surface area contributed by atoms with Gasteiger partial charge in [-0.05, 0) is 61.1 Å². The maximum absolute atomic E-state index is 3.55. The maximum Gasteiger partial charge on any atom is 0.0281 e. The first-order valence-corrected chi connectivity index (χ1v) is 7.28. The third kappa shape index (κ3) is 3.42. The topological polar surface area (TPSA) is 15.3 Å². The number of halogens is 1. The summed E-state index contributed by atoms with van der Waals surface area (Å²) in [6, 6.07) is 9.45. The number of hydrogen-bond donors (Lipinski definition) is 1. The van der Waals surface area contributed by atoms with Crippen LogP contribution in [0.15, 0.2) is 24.3 Å². The molecule has 1 aromatic carbocycles. The minimum absolute atomic E-state index is 0.246. The van der Waals surface area contributed by atoms with Crippen LogP contribution in [-0.2, 0) is 6.54 Å². The van der Waals surface area contributed by atoms with Crippen LogP contribution in [0.4, 0.5) is 0 Å². The molecule has 1 unspecified atom stereocenters. The molecule has 0 spiro atoms. The molecular weight excluding hydrogens is 323 g/mol. The van der Waals surface area contributed by atoms with Gasteiger partial charge in [0.15, 0.2) is 0 Å². The summed E-state index contributed by atoms with van der Waals surface area (Å²) in [7, 11) is 0. The molecule has 0 radical (unpaired) electrons. The highest BCUT2D eigenvalue weighted by Crippen LogP contribution is 2.21. The average molecular weight is 344 g/mol. The molecule has 0 aliphatic carbocycles. The van der Waals surface area contributed by atoms with Crippen LogP contribution in [0.1, 0.15) is 26.3 Å². The largest absolute Gasteiger partial charge is 0.311 e. The van der Waals surface area contributed by atoms with Crippen LogP contribution in [0.3, 0.4) is 0 Å². The number of benzene rings is 1. The maximum atomic E-state index is 3.55. The first kappa shape index (κ1) is 13.3. The molecule has 1 atom stereocenters. The molecule has 1 heterocycles. The molecule has 0 aromatic heterocycles. The van der Waals surface area contributed by atoms with Gasteiger partial charge in [0.2, 0.25) is 0 Å². The van der Waals surface area contributed by atoms with E-state index in [9.17, 15) is 0 Å². The van der Waals surface area contributed by atoms with Gasteiger partial charge in [0, 0.05) is 34.8 Å². The van der Waals surface area contributed by atoms with Gasteiger partial charge in [0.05, 0.1) is 0 Å². The highest BCUT2D eigenvalue weighted by atomic mass is 127. The Bertz CT molecular complexity index is 372. The monoisotopic (exact) mass is 344 g/mol. The number of piperazine rings is 1. The van der Waals surface area contributed by atoms with Crippen molar-refractivity contribution >= 4 is 22.6 Å². The van der Waals surface area contributed by atoms with Crippen LogP contribution in [-0.4, -0.2) is 29.6 Å². The first-order valence-electron chi connectivity index (χ1n) is 6.20. The zero-order valence-corrected chi connectivity index (χ0v) is 13.0. The average Bonchev–Trinajstić information content (AvgIpc) is 2.27. The summed E-state index contributed by atoms with van der Waals surface area (Å²) in [6.45, 7) is 10.1. The lowest BCUT2D eigenvalue weighted by Gasteiger charge is -2.45. The smallest absolute Gasteiger partial charge is 0.0281 e. The fraction of sp³-hybridized carbons (Fsp3) is 0.571. The van der Waals surface area contributed by atoms with E-state index in [1.165, 1.54) is 9.13 Å². The van der Waals surface area contributed by atoms with Crippen LogP contribution in [0.5, 0.6) is 0 Å². The summed E-state index contributed by atoms with van der Waals surface area (Å²) in [6.07, 6.45) is 0. The third-order valence-corrected chi connectivity index (χ3v) is 4.24. The predicted molar refractivity (Wildman–Crippen MR) is 81.1 cm³/mol. The molecule has 94 valence electrons. The highest BCUT2D eigenvalue weighted by Gasteiger charge is 2.32. The van der Waals surface area contributed by atoms with Crippen LogP contribution in [0.2, 0.25) is 0 Å². The van der Waals surface area contributed by atoms with Crippen molar-refractivity contribution in [1.82, 2.24) is 10.2 Å². The predicted octanol–water partition coefficient (Wildman–Crippen LogP) is 2.86. The van der Waals surface area contributed by atoms with E-state index in [1.54, 1.807) is 0 Å². The quantitative estimate of drug-likeness (QED) is 0.830. The lowest BCUT2D eigenvalue weighted by molar-refractivity contribution is 0.0626. The number of nitrogens with zero attached hydrogens (tertiary/aromatic N) is 1. The Morgan fingerprint density at radius 1 is 1.35 bits per heavy atom. The standard InChI is InChI=1S/C14H21IN2/c1-11-8-17(14(2,3)10-16-11)9-12-4-6-13(15)7-5-12/h4-7,11,16H,8-10H2,1-3H3. The van der Waals surface area contributed by atoms with Gasteiger partial charge in [-0.2, -0.15) is 0 Å². The van der Waals surface area contributed by atoms with Gasteiger partial charge in [-0.25, -0.2) is 0 Å². The highest BCUT2D eigenvalue weighted by molar-refractivity contribution is 14.1. The first-order chi connectivity index (χ1) is 7.97. The summed E-state index contributed by atoms with van der Waals surface area (Å²) >= 11 is 2.35. The van der Waals surface area contributed by atoms with Crippen LogP contribution >= 0.6 is 22.6 Å². The molecule has 17 heavy (non-hydrogen) atoms. The minimum Gasteiger partial charge on any atom is -0.311 e. The second-order valence-corrected chi connectivity index (χ2v) is 6.85. The van der Waals surface area contributed by atoms with E-state index in [1.807, 2.05) is 0 Å². The summed E-state index contributed by atoms with van der Waals surface area (Å²) in [5.74, 6) is 0. The Labute approximate surface area is 118 Å². The van der Waals surface area contributed by atoms with Crippen molar-refractivity contribution in [2.24, 2.45) is 0 Å². The summed E-state index contributed by atoms with van der Waals surface area (Å²) in [5.41, 5.74) is 1.66. The molecule has 1 saturated heterocycles. The van der Waals surface area contributed by atoms with Crippen molar-refractivity contribution in [3.8, 4) is 0 Å². The Morgan fingerprint density at radius 2 is 2.00 bits per heavy atom. The van der Waals surface area contributed by atoms with Crippen molar-refractivity contribution < 1.29 is 0 Å². The van der Waals surface area contributed by atoms with Gasteiger partial charge in [-0.1, -0.05) is 12.1 Å². The van der Waals surface area contributed by atoms with Crippen molar-refractivity contribution in [1.29, 1.82) is 0 Å². The molecule has 2 nitrogen and oxygen atoms in total. The van der Waals surface area contributed by atoms with E-state index in [4.69, 9.17) is 0 Å². The van der Waals surface area contributed by atoms with E-state index in [-0.39, 0.29) is 5.54 Å². The molecule has 0 amide bonds. The van der Waals surface area contributed by atoms with Crippen molar-refractivity contribution in [3.05, 3.63) is 33.4 Å². The Balaban J connectivity index is 2.08. The SMILES string of the molecule is CC1CN(Cc2ccc(I)cc2)C(C)(C)CN1. The summed E-state index contributed by atoms with van der Waals surface area (Å²) in [4.78, 5) is 2.58. The fourth-order valence-corrected chi connectivity index (χ4v) is 2.63. The second-order valence-electron chi connectivity index (χ2n) is 5.60. The van der Waals surface area contributed by atoms with Crippen LogP contribution < -0.4 is 5.32 Å². The number of hydrogen-bond acceptors (Lipinski definition) is 2. The summed E-state index contributed by atoms with van der Waals surface area (Å²) in [5, 5.41) is 3.55. The Morgan fingerprint density at radius 3 is 2.65 bits per heavy atom. The second kappa shape index (κ2) is 5.24. The van der Waals surface area contributed by atoms with Crippen molar-refractivity contribution in [2.45, 2.75) is 38.9 Å². The molecule has 1 aromatic rings. The number of nitrogens with one attached hydrogen (secondary N) is 1. The molecule has 1 aliphatic heterocycles. The van der Waals surface area contributed by atoms with Gasteiger partial charge in [-0.3, -0.25) is 4.90 Å². The van der Waals surface area contributed by atoms with E-state index in [0.717, 1.165) is 19.6 Å². The van der Waals surface area contributed by atoms with Crippen molar-refractivity contribution in [3.63, 3.8) is 0 Å². The van der Waals surface area contributed by atoms with Crippen LogP contribution in [0, 0.1) is 3.57 Å². The number of rotatable bonds is 2. The fourth-order valence-electron chi connectivity index (χ4n) is 2.27. The Hall–Kier alpha value is -0.130. The van der Waals surface area contributed by atoms with Gasteiger partial charge >= 0.3 is 0 Å². The van der Waals surface area contributed by atoms with E-state index in [2.05, 4.69) is 77.8 Å². The van der Waals surface area contributed by atoms with Gasteiger partial charge < -0.3 is 5.32 Å². The third-order valence-electron chi connectivity index (χ3n) is 3.52. The molecule has 2 rings (SSSR count). The molecular formula is C14H21IN2. The molecule has 1 fully saturated rings. The zero-order chi connectivity index (χ0) is 12.5. The lowest BCUT2D eigenvalue weighted by Crippen LogP contribution is -2.60. The lowest BCUT2D eigenvalue weighted by atomic mass is 9.97. The van der Waals surface area contributed by atoms with E-state index >= 15 is 0 Å². The molecule has 0 saturated carbocycles. The van der Waals surface area contributed by atoms with Gasteiger partial charge in [0.1, 0.15) is 0 Å². The normalized spacial score (nSPS) is 24.8. The Kier molecular flexibility index (Phi) is 4.10. The van der Waals surface area contributed by atoms with Crippen molar-refractivity contribution in [2.75, 3.05) is 13.1 Å². The van der Waals surface area contributed by atoms with Crippen LogP contribution in [0.25, 0.3) is 0 Å². The molecule has 3 heteroatoms. The molecule has 1 N–H and O–H groups in total. The zero-order valence-electron chi connectivity index (χ0n) is 10.8. The molecule has 0 bridgehead atoms. The van der Waals surface area contributed by atoms with E-state index < -0.39 is 0 Å². The van der Waals surface area contributed by atoms with Gasteiger partial charge in [-0.15, -0.1) is 0 Å².